The van der Waals surface area contributed by atoms with Gasteiger partial charge in [-0.05, 0) is 69.3 Å². The van der Waals surface area contributed by atoms with E-state index >= 15 is 0 Å². The van der Waals surface area contributed by atoms with Gasteiger partial charge in [0, 0.05) is 60.7 Å². The summed E-state index contributed by atoms with van der Waals surface area (Å²) in [5, 5.41) is 11.8. The molecule has 1 aliphatic heterocycles. The van der Waals surface area contributed by atoms with Gasteiger partial charge in [-0.1, -0.05) is 17.7 Å². The van der Waals surface area contributed by atoms with E-state index in [0.717, 1.165) is 59.8 Å². The molecule has 0 atom stereocenters. The Morgan fingerprint density at radius 1 is 0.895 bits per heavy atom. The number of aryl methyl sites for hydroxylation is 1. The summed E-state index contributed by atoms with van der Waals surface area (Å²) in [6, 6.07) is 20.0. The van der Waals surface area contributed by atoms with Crippen molar-refractivity contribution in [3.8, 4) is 17.2 Å². The number of nitrogens with zero attached hydrogens (tertiary/aromatic N) is 3. The molecule has 1 aliphatic rings. The Morgan fingerprint density at radius 3 is 2.18 bits per heavy atom. The van der Waals surface area contributed by atoms with Crippen molar-refractivity contribution in [2.45, 2.75) is 27.3 Å². The number of benzene rings is 3. The van der Waals surface area contributed by atoms with Gasteiger partial charge in [-0.25, -0.2) is 4.79 Å². The second-order valence-corrected chi connectivity index (χ2v) is 9.77. The lowest BCUT2D eigenvalue weighted by Crippen LogP contribution is -2.46. The molecule has 0 amide bonds. The van der Waals surface area contributed by atoms with Crippen molar-refractivity contribution in [2.75, 3.05) is 44.8 Å². The summed E-state index contributed by atoms with van der Waals surface area (Å²) in [6.45, 7) is 10.2. The average Bonchev–Trinajstić information content (AvgIpc) is 3.23. The topological polar surface area (TPSA) is 67.2 Å². The van der Waals surface area contributed by atoms with E-state index < -0.39 is 0 Å². The minimum absolute atomic E-state index is 0.191. The summed E-state index contributed by atoms with van der Waals surface area (Å²) < 4.78 is 12.9. The number of anilines is 1. The van der Waals surface area contributed by atoms with E-state index in [2.05, 4.69) is 45.6 Å². The molecule has 0 spiro atoms. The van der Waals surface area contributed by atoms with Crippen molar-refractivity contribution in [2.24, 2.45) is 0 Å². The highest BCUT2D eigenvalue weighted by Gasteiger charge is 2.27. The number of carbonyl (C=O) groups excluding carboxylic acids is 1. The average molecular weight is 514 g/mol. The maximum absolute atomic E-state index is 13.2. The lowest BCUT2D eigenvalue weighted by Gasteiger charge is -2.36. The van der Waals surface area contributed by atoms with Crippen molar-refractivity contribution in [3.63, 3.8) is 0 Å². The fourth-order valence-electron chi connectivity index (χ4n) is 5.38. The van der Waals surface area contributed by atoms with Crippen molar-refractivity contribution in [1.82, 2.24) is 9.47 Å². The third kappa shape index (κ3) is 4.82. The number of methoxy groups -OCH3 is 1. The van der Waals surface area contributed by atoms with Crippen LogP contribution < -0.4 is 9.64 Å². The minimum atomic E-state index is -0.377. The molecule has 5 rings (SSSR count). The largest absolute Gasteiger partial charge is 0.508 e. The number of piperazine rings is 1. The molecule has 0 saturated carbocycles. The number of hydrogen-bond donors (Lipinski definition) is 1. The maximum atomic E-state index is 13.2. The number of phenols is 1. The second-order valence-electron chi connectivity index (χ2n) is 9.77. The van der Waals surface area contributed by atoms with E-state index in [1.165, 1.54) is 11.3 Å². The quantitative estimate of drug-likeness (QED) is 0.331. The molecule has 38 heavy (non-hydrogen) atoms. The highest BCUT2D eigenvalue weighted by Crippen LogP contribution is 2.37. The normalized spacial score (nSPS) is 14.2. The number of aromatic hydroxyl groups is 1. The minimum Gasteiger partial charge on any atom is -0.508 e. The number of ether oxygens (including phenoxy) is 2. The van der Waals surface area contributed by atoms with Gasteiger partial charge in [0.2, 0.25) is 0 Å². The molecule has 7 nitrogen and oxygen atoms in total. The molecule has 0 radical (unpaired) electrons. The number of hydrogen-bond acceptors (Lipinski definition) is 6. The number of carbonyl (C=O) groups is 1. The summed E-state index contributed by atoms with van der Waals surface area (Å²) in [7, 11) is 1.64. The van der Waals surface area contributed by atoms with Crippen LogP contribution in [0.15, 0.2) is 60.7 Å². The Bertz CT molecular complexity index is 1430. The first-order chi connectivity index (χ1) is 18.4. The van der Waals surface area contributed by atoms with Crippen LogP contribution in [0.4, 0.5) is 5.69 Å². The molecule has 2 heterocycles. The van der Waals surface area contributed by atoms with Crippen molar-refractivity contribution < 1.29 is 19.4 Å². The van der Waals surface area contributed by atoms with Crippen molar-refractivity contribution >= 4 is 22.6 Å². The summed E-state index contributed by atoms with van der Waals surface area (Å²) in [6.07, 6.45) is 0. The Hall–Kier alpha value is -3.97. The van der Waals surface area contributed by atoms with Gasteiger partial charge in [0.25, 0.3) is 0 Å². The zero-order chi connectivity index (χ0) is 26.8. The van der Waals surface area contributed by atoms with Crippen LogP contribution in [0.25, 0.3) is 16.6 Å². The molecule has 1 N–H and O–H groups in total. The Kier molecular flexibility index (Phi) is 7.29. The summed E-state index contributed by atoms with van der Waals surface area (Å²) >= 11 is 0. The SMILES string of the molecule is CCOC(=O)c1c(C)n(-c2ccc(OC)cc2)c2ccc(O)c(CN3CCN(c4ccc(C)cc4)CC3)c12. The third-order valence-electron chi connectivity index (χ3n) is 7.42. The number of rotatable bonds is 7. The van der Waals surface area contributed by atoms with Crippen LogP contribution in [0.1, 0.15) is 34.1 Å². The number of phenolic OH excluding ortho intramolecular Hbond substituents is 1. The van der Waals surface area contributed by atoms with Crippen LogP contribution in [0, 0.1) is 13.8 Å². The van der Waals surface area contributed by atoms with Gasteiger partial charge in [-0.15, -0.1) is 0 Å². The second kappa shape index (κ2) is 10.8. The first-order valence-corrected chi connectivity index (χ1v) is 13.1. The van der Waals surface area contributed by atoms with Crippen molar-refractivity contribution in [1.29, 1.82) is 0 Å². The van der Waals surface area contributed by atoms with Gasteiger partial charge >= 0.3 is 5.97 Å². The molecule has 0 bridgehead atoms. The Labute approximate surface area is 223 Å². The molecule has 1 saturated heterocycles. The fourth-order valence-corrected chi connectivity index (χ4v) is 5.38. The van der Waals surface area contributed by atoms with Crippen LogP contribution in [0.2, 0.25) is 0 Å². The Morgan fingerprint density at radius 2 is 1.55 bits per heavy atom. The van der Waals surface area contributed by atoms with Crippen LogP contribution in [0.5, 0.6) is 11.5 Å². The van der Waals surface area contributed by atoms with E-state index in [-0.39, 0.29) is 18.3 Å². The standard InChI is InChI=1S/C31H35N3O4/c1-5-38-31(36)29-22(3)34(24-10-12-25(37-4)13-11-24)27-14-15-28(35)26(30(27)29)20-32-16-18-33(19-17-32)23-8-6-21(2)7-9-23/h6-15,35H,5,16-20H2,1-4H3. The molecule has 0 unspecified atom stereocenters. The number of esters is 1. The zero-order valence-electron chi connectivity index (χ0n) is 22.5. The van der Waals surface area contributed by atoms with E-state index in [0.29, 0.717) is 12.1 Å². The van der Waals surface area contributed by atoms with Crippen LogP contribution in [-0.4, -0.2) is 60.4 Å². The van der Waals surface area contributed by atoms with Gasteiger partial charge in [0.1, 0.15) is 11.5 Å². The van der Waals surface area contributed by atoms with E-state index in [4.69, 9.17) is 9.47 Å². The van der Waals surface area contributed by atoms with E-state index in [1.807, 2.05) is 44.2 Å². The maximum Gasteiger partial charge on any atom is 0.340 e. The summed E-state index contributed by atoms with van der Waals surface area (Å²) in [5.41, 5.74) is 6.29. The lowest BCUT2D eigenvalue weighted by molar-refractivity contribution is 0.0527. The molecule has 3 aromatic carbocycles. The first kappa shape index (κ1) is 25.7. The number of aromatic nitrogens is 1. The smallest absolute Gasteiger partial charge is 0.340 e. The summed E-state index contributed by atoms with van der Waals surface area (Å²) in [4.78, 5) is 18.0. The molecule has 7 heteroatoms. The zero-order valence-corrected chi connectivity index (χ0v) is 22.5. The summed E-state index contributed by atoms with van der Waals surface area (Å²) in [5.74, 6) is 0.575. The first-order valence-electron chi connectivity index (χ1n) is 13.1. The van der Waals surface area contributed by atoms with Crippen LogP contribution >= 0.6 is 0 Å². The van der Waals surface area contributed by atoms with Gasteiger partial charge in [-0.2, -0.15) is 0 Å². The van der Waals surface area contributed by atoms with Crippen molar-refractivity contribution in [3.05, 3.63) is 83.0 Å². The monoisotopic (exact) mass is 513 g/mol. The predicted octanol–water partition coefficient (Wildman–Crippen LogP) is 5.46. The fraction of sp³-hybridized carbons (Fsp3) is 0.323. The van der Waals surface area contributed by atoms with E-state index in [9.17, 15) is 9.90 Å². The predicted molar refractivity (Wildman–Crippen MR) is 151 cm³/mol. The highest BCUT2D eigenvalue weighted by atomic mass is 16.5. The van der Waals surface area contributed by atoms with Gasteiger partial charge in [0.15, 0.2) is 0 Å². The molecule has 4 aromatic rings. The highest BCUT2D eigenvalue weighted by molar-refractivity contribution is 6.08. The van der Waals surface area contributed by atoms with Gasteiger partial charge in [-0.3, -0.25) is 4.90 Å². The van der Waals surface area contributed by atoms with Crippen LogP contribution in [-0.2, 0) is 11.3 Å². The molecular weight excluding hydrogens is 478 g/mol. The third-order valence-corrected chi connectivity index (χ3v) is 7.42. The molecule has 198 valence electrons. The Balaban J connectivity index is 1.51. The molecule has 0 aliphatic carbocycles. The molecule has 1 fully saturated rings. The van der Waals surface area contributed by atoms with E-state index in [1.54, 1.807) is 13.2 Å². The van der Waals surface area contributed by atoms with Gasteiger partial charge < -0.3 is 24.0 Å². The van der Waals surface area contributed by atoms with Crippen LogP contribution in [0.3, 0.4) is 0 Å². The molecular formula is C31H35N3O4. The number of fused-ring (bicyclic) bond motifs is 1. The van der Waals surface area contributed by atoms with Gasteiger partial charge in [0.05, 0.1) is 24.8 Å². The lowest BCUT2D eigenvalue weighted by atomic mass is 10.0. The molecule has 1 aromatic heterocycles.